The fourth-order valence-electron chi connectivity index (χ4n) is 4.12. The van der Waals surface area contributed by atoms with Crippen LogP contribution in [0.25, 0.3) is 10.2 Å². The highest BCUT2D eigenvalue weighted by atomic mass is 32.2. The molecule has 3 heterocycles. The minimum absolute atomic E-state index is 0.0794. The first-order chi connectivity index (χ1) is 16.9. The molecule has 4 aromatic rings. The van der Waals surface area contributed by atoms with Crippen molar-refractivity contribution in [1.82, 2.24) is 9.97 Å². The molecule has 5 rings (SSSR count). The lowest BCUT2D eigenvalue weighted by molar-refractivity contribution is -0.113. The van der Waals surface area contributed by atoms with Gasteiger partial charge in [0.2, 0.25) is 5.91 Å². The lowest BCUT2D eigenvalue weighted by Crippen LogP contribution is -2.31. The second-order valence-electron chi connectivity index (χ2n) is 9.08. The molecular weight excluding hydrogens is 478 g/mol. The molecule has 180 valence electrons. The third kappa shape index (κ3) is 5.50. The van der Waals surface area contributed by atoms with Crippen molar-refractivity contribution in [2.45, 2.75) is 43.9 Å². The minimum Gasteiger partial charge on any atom is -0.497 e. The largest absolute Gasteiger partial charge is 0.497 e. The number of thioether (sulfide) groups is 1. The van der Waals surface area contributed by atoms with E-state index in [-0.39, 0.29) is 17.3 Å². The molecule has 0 fully saturated rings. The van der Waals surface area contributed by atoms with E-state index in [1.165, 1.54) is 22.2 Å². The van der Waals surface area contributed by atoms with Crippen molar-refractivity contribution in [3.8, 4) is 5.75 Å². The van der Waals surface area contributed by atoms with Gasteiger partial charge < -0.3 is 14.8 Å². The van der Waals surface area contributed by atoms with Crippen molar-refractivity contribution in [3.05, 3.63) is 76.4 Å². The van der Waals surface area contributed by atoms with E-state index in [2.05, 4.69) is 31.3 Å². The molecule has 2 aromatic carbocycles. The molecule has 8 heteroatoms. The van der Waals surface area contributed by atoms with Crippen LogP contribution in [0.3, 0.4) is 0 Å². The van der Waals surface area contributed by atoms with Gasteiger partial charge in [0.1, 0.15) is 21.4 Å². The van der Waals surface area contributed by atoms with Crippen LogP contribution in [0.5, 0.6) is 5.75 Å². The molecule has 0 saturated heterocycles. The Kier molecular flexibility index (Phi) is 6.77. The number of fused-ring (bicyclic) bond motifs is 3. The summed E-state index contributed by atoms with van der Waals surface area (Å²) in [6, 6.07) is 17.5. The molecule has 0 bridgehead atoms. The summed E-state index contributed by atoms with van der Waals surface area (Å²) < 4.78 is 11.2. The summed E-state index contributed by atoms with van der Waals surface area (Å²) in [4.78, 5) is 24.8. The fourth-order valence-corrected chi connectivity index (χ4v) is 6.18. The SMILES string of the molecule is COc1ccc(NC(=O)CSc2nc(Cc3ccccc3)nc3sc4c(c23)CC(C)(C)OC4)cc1. The summed E-state index contributed by atoms with van der Waals surface area (Å²) in [5.74, 6) is 1.69. The number of carbonyl (C=O) groups excluding carboxylic acids is 1. The van der Waals surface area contributed by atoms with E-state index in [0.717, 1.165) is 44.5 Å². The molecule has 0 unspecified atom stereocenters. The van der Waals surface area contributed by atoms with E-state index in [1.807, 2.05) is 42.5 Å². The predicted octanol–water partition coefficient (Wildman–Crippen LogP) is 5.87. The van der Waals surface area contributed by atoms with Crippen molar-refractivity contribution >= 4 is 44.9 Å². The van der Waals surface area contributed by atoms with Gasteiger partial charge in [0.25, 0.3) is 0 Å². The van der Waals surface area contributed by atoms with Crippen LogP contribution in [0, 0.1) is 0 Å². The Morgan fingerprint density at radius 3 is 2.66 bits per heavy atom. The monoisotopic (exact) mass is 505 g/mol. The van der Waals surface area contributed by atoms with E-state index >= 15 is 0 Å². The minimum atomic E-state index is -0.239. The topological polar surface area (TPSA) is 73.3 Å². The molecule has 1 N–H and O–H groups in total. The molecule has 2 aromatic heterocycles. The number of hydrogen-bond acceptors (Lipinski definition) is 7. The molecule has 0 saturated carbocycles. The highest BCUT2D eigenvalue weighted by molar-refractivity contribution is 8.00. The van der Waals surface area contributed by atoms with Crippen molar-refractivity contribution in [3.63, 3.8) is 0 Å². The van der Waals surface area contributed by atoms with Gasteiger partial charge in [-0.1, -0.05) is 42.1 Å². The van der Waals surface area contributed by atoms with Gasteiger partial charge in [-0.3, -0.25) is 4.79 Å². The van der Waals surface area contributed by atoms with Crippen molar-refractivity contribution in [2.24, 2.45) is 0 Å². The number of hydrogen-bond donors (Lipinski definition) is 1. The number of anilines is 1. The summed E-state index contributed by atoms with van der Waals surface area (Å²) >= 11 is 3.14. The maximum Gasteiger partial charge on any atom is 0.234 e. The number of rotatable bonds is 7. The smallest absolute Gasteiger partial charge is 0.234 e. The summed E-state index contributed by atoms with van der Waals surface area (Å²) in [5.41, 5.74) is 2.91. The van der Waals surface area contributed by atoms with Crippen molar-refractivity contribution in [2.75, 3.05) is 18.2 Å². The number of methoxy groups -OCH3 is 1. The van der Waals surface area contributed by atoms with Crippen LogP contribution in [0.15, 0.2) is 59.6 Å². The number of carbonyl (C=O) groups is 1. The standard InChI is InChI=1S/C27H27N3O3S2/c1-27(2)14-20-21(15-33-27)35-26-24(20)25(29-22(30-26)13-17-7-5-4-6-8-17)34-16-23(31)28-18-9-11-19(32-3)12-10-18/h4-12H,13-16H2,1-3H3,(H,28,31). The highest BCUT2D eigenvalue weighted by Crippen LogP contribution is 2.41. The molecule has 1 aliphatic rings. The first kappa shape index (κ1) is 23.8. The third-order valence-electron chi connectivity index (χ3n) is 5.86. The second kappa shape index (κ2) is 9.97. The van der Waals surface area contributed by atoms with Crippen LogP contribution in [0.4, 0.5) is 5.69 Å². The van der Waals surface area contributed by atoms with Crippen LogP contribution in [-0.2, 0) is 29.0 Å². The number of nitrogens with zero attached hydrogens (tertiary/aromatic N) is 2. The zero-order valence-electron chi connectivity index (χ0n) is 20.0. The van der Waals surface area contributed by atoms with Crippen LogP contribution in [0.1, 0.15) is 35.7 Å². The number of nitrogens with one attached hydrogen (secondary N) is 1. The summed E-state index contributed by atoms with van der Waals surface area (Å²) in [6.07, 6.45) is 1.45. The number of thiophene rings is 1. The van der Waals surface area contributed by atoms with E-state index in [0.29, 0.717) is 13.0 Å². The van der Waals surface area contributed by atoms with Crippen molar-refractivity contribution < 1.29 is 14.3 Å². The Hall–Kier alpha value is -2.94. The summed E-state index contributed by atoms with van der Waals surface area (Å²) in [5, 5.41) is 4.89. The zero-order valence-corrected chi connectivity index (χ0v) is 21.6. The number of aromatic nitrogens is 2. The van der Waals surface area contributed by atoms with Gasteiger partial charge in [0.15, 0.2) is 0 Å². The van der Waals surface area contributed by atoms with Gasteiger partial charge in [-0.25, -0.2) is 9.97 Å². The molecule has 35 heavy (non-hydrogen) atoms. The molecule has 1 amide bonds. The van der Waals surface area contributed by atoms with Gasteiger partial charge in [-0.15, -0.1) is 11.3 Å². The second-order valence-corrected chi connectivity index (χ2v) is 11.1. The average molecular weight is 506 g/mol. The van der Waals surface area contributed by atoms with Crippen molar-refractivity contribution in [1.29, 1.82) is 0 Å². The van der Waals surface area contributed by atoms with Crippen LogP contribution in [0.2, 0.25) is 0 Å². The Labute approximate surface area is 213 Å². The first-order valence-electron chi connectivity index (χ1n) is 11.5. The van der Waals surface area contributed by atoms with Gasteiger partial charge in [-0.2, -0.15) is 0 Å². The lowest BCUT2D eigenvalue weighted by Gasteiger charge is -2.30. The molecule has 0 aliphatic carbocycles. The average Bonchev–Trinajstić information content (AvgIpc) is 3.20. The molecule has 0 radical (unpaired) electrons. The third-order valence-corrected chi connectivity index (χ3v) is 7.94. The van der Waals surface area contributed by atoms with Crippen LogP contribution >= 0.6 is 23.1 Å². The number of benzene rings is 2. The van der Waals surface area contributed by atoms with E-state index in [9.17, 15) is 4.79 Å². The van der Waals surface area contributed by atoms with E-state index in [1.54, 1.807) is 18.4 Å². The lowest BCUT2D eigenvalue weighted by atomic mass is 9.94. The van der Waals surface area contributed by atoms with Crippen LogP contribution in [-0.4, -0.2) is 34.3 Å². The molecular formula is C27H27N3O3S2. The number of amides is 1. The molecule has 0 spiro atoms. The van der Waals surface area contributed by atoms with E-state index < -0.39 is 0 Å². The van der Waals surface area contributed by atoms with Gasteiger partial charge in [0, 0.05) is 28.8 Å². The van der Waals surface area contributed by atoms with E-state index in [4.69, 9.17) is 19.4 Å². The van der Waals surface area contributed by atoms with Gasteiger partial charge in [0.05, 0.1) is 25.1 Å². The summed E-state index contributed by atoms with van der Waals surface area (Å²) in [7, 11) is 1.62. The fraction of sp³-hybridized carbons (Fsp3) is 0.296. The van der Waals surface area contributed by atoms with Crippen LogP contribution < -0.4 is 10.1 Å². The molecule has 6 nitrogen and oxygen atoms in total. The Morgan fingerprint density at radius 1 is 1.14 bits per heavy atom. The normalized spacial score (nSPS) is 14.5. The number of ether oxygens (including phenoxy) is 2. The van der Waals surface area contributed by atoms with Gasteiger partial charge in [-0.05, 0) is 49.2 Å². The van der Waals surface area contributed by atoms with Gasteiger partial charge >= 0.3 is 0 Å². The summed E-state index contributed by atoms with van der Waals surface area (Å²) in [6.45, 7) is 4.80. The predicted molar refractivity (Wildman–Crippen MR) is 142 cm³/mol. The maximum absolute atomic E-state index is 12.8. The molecule has 0 atom stereocenters. The zero-order chi connectivity index (χ0) is 24.4. The Bertz CT molecular complexity index is 1350. The highest BCUT2D eigenvalue weighted by Gasteiger charge is 2.31. The maximum atomic E-state index is 12.8. The Balaban J connectivity index is 1.43. The first-order valence-corrected chi connectivity index (χ1v) is 13.3. The molecule has 1 aliphatic heterocycles. The quantitative estimate of drug-likeness (QED) is 0.250. The Morgan fingerprint density at radius 2 is 1.91 bits per heavy atom.